The fraction of sp³-hybridized carbons (Fsp3) is 0. The topological polar surface area (TPSA) is 89.8 Å². The summed E-state index contributed by atoms with van der Waals surface area (Å²) >= 11 is 0. The number of carbonyl (C=O) groups is 1. The van der Waals surface area contributed by atoms with Crippen LogP contribution in [0.1, 0.15) is 11.1 Å². The molecule has 100 valence electrons. The first kappa shape index (κ1) is 12.1. The summed E-state index contributed by atoms with van der Waals surface area (Å²) in [5, 5.41) is 31.0. The second kappa shape index (κ2) is 4.31. The number of hydrogen-bond donors (Lipinski definition) is 4. The largest absolute Gasteiger partial charge is 0.504 e. The molecule has 2 aromatic carbocycles. The fourth-order valence-corrected chi connectivity index (χ4v) is 2.16. The number of rotatable bonds is 1. The Hall–Kier alpha value is -2.95. The van der Waals surface area contributed by atoms with E-state index in [2.05, 4.69) is 5.32 Å². The Labute approximate surface area is 114 Å². The van der Waals surface area contributed by atoms with Gasteiger partial charge in [0.25, 0.3) is 5.91 Å². The van der Waals surface area contributed by atoms with Gasteiger partial charge in [-0.25, -0.2) is 0 Å². The minimum absolute atomic E-state index is 0.252. The first-order valence-corrected chi connectivity index (χ1v) is 5.93. The van der Waals surface area contributed by atoms with E-state index in [-0.39, 0.29) is 5.91 Å². The lowest BCUT2D eigenvalue weighted by atomic mass is 10.0. The van der Waals surface area contributed by atoms with E-state index < -0.39 is 17.2 Å². The number of hydrogen-bond acceptors (Lipinski definition) is 4. The lowest BCUT2D eigenvalue weighted by Crippen LogP contribution is -2.03. The number of fused-ring (bicyclic) bond motifs is 1. The van der Waals surface area contributed by atoms with Crippen LogP contribution in [0.3, 0.4) is 0 Å². The maximum atomic E-state index is 11.9. The molecule has 4 N–H and O–H groups in total. The SMILES string of the molecule is O=C1Nc2ccccc2/C1=C\c1cc(O)c(O)c(O)c1. The van der Waals surface area contributed by atoms with Gasteiger partial charge in [0.05, 0.1) is 0 Å². The molecule has 5 heteroatoms. The van der Waals surface area contributed by atoms with Crippen LogP contribution in [0.4, 0.5) is 5.69 Å². The van der Waals surface area contributed by atoms with Crippen molar-refractivity contribution in [1.82, 2.24) is 0 Å². The molecular formula is C15H11NO4. The van der Waals surface area contributed by atoms with Crippen LogP contribution in [0, 0.1) is 0 Å². The molecule has 0 unspecified atom stereocenters. The van der Waals surface area contributed by atoms with E-state index in [0.29, 0.717) is 11.1 Å². The number of amides is 1. The van der Waals surface area contributed by atoms with Gasteiger partial charge >= 0.3 is 0 Å². The standard InChI is InChI=1S/C15H11NO4/c17-12-6-8(7-13(18)14(12)19)5-10-9-3-1-2-4-11(9)16-15(10)20/h1-7,17-19H,(H,16,20)/b10-5+. The maximum Gasteiger partial charge on any atom is 0.256 e. The second-order valence-corrected chi connectivity index (χ2v) is 4.47. The van der Waals surface area contributed by atoms with Crippen molar-refractivity contribution < 1.29 is 20.1 Å². The molecule has 5 nitrogen and oxygen atoms in total. The third kappa shape index (κ3) is 1.85. The minimum Gasteiger partial charge on any atom is -0.504 e. The first-order valence-electron chi connectivity index (χ1n) is 5.93. The van der Waals surface area contributed by atoms with Crippen LogP contribution in [0.2, 0.25) is 0 Å². The molecule has 1 aliphatic heterocycles. The summed E-state index contributed by atoms with van der Waals surface area (Å²) in [5.41, 5.74) is 2.32. The first-order chi connectivity index (χ1) is 9.56. The van der Waals surface area contributed by atoms with Crippen molar-refractivity contribution in [3.05, 3.63) is 47.5 Å². The minimum atomic E-state index is -0.580. The lowest BCUT2D eigenvalue weighted by Gasteiger charge is -2.03. The van der Waals surface area contributed by atoms with Crippen molar-refractivity contribution in [2.45, 2.75) is 0 Å². The Bertz CT molecular complexity index is 726. The number of phenolic OH excluding ortho intramolecular Hbond substituents is 3. The highest BCUT2D eigenvalue weighted by Crippen LogP contribution is 2.38. The zero-order valence-corrected chi connectivity index (χ0v) is 10.3. The van der Waals surface area contributed by atoms with E-state index in [1.54, 1.807) is 18.2 Å². The third-order valence-corrected chi connectivity index (χ3v) is 3.11. The lowest BCUT2D eigenvalue weighted by molar-refractivity contribution is -0.110. The Kier molecular flexibility index (Phi) is 2.61. The quantitative estimate of drug-likeness (QED) is 0.472. The molecule has 0 aliphatic carbocycles. The summed E-state index contributed by atoms with van der Waals surface area (Å²) in [6.45, 7) is 0. The van der Waals surface area contributed by atoms with E-state index in [1.165, 1.54) is 12.1 Å². The predicted octanol–water partition coefficient (Wildman–Crippen LogP) is 2.30. The van der Waals surface area contributed by atoms with Gasteiger partial charge in [0.2, 0.25) is 0 Å². The number of benzene rings is 2. The van der Waals surface area contributed by atoms with Crippen molar-refractivity contribution in [2.75, 3.05) is 5.32 Å². The maximum absolute atomic E-state index is 11.9. The molecule has 0 spiro atoms. The van der Waals surface area contributed by atoms with Crippen LogP contribution in [-0.2, 0) is 4.79 Å². The van der Waals surface area contributed by atoms with E-state index in [9.17, 15) is 20.1 Å². The van der Waals surface area contributed by atoms with Crippen molar-refractivity contribution in [1.29, 1.82) is 0 Å². The highest BCUT2D eigenvalue weighted by molar-refractivity contribution is 6.34. The van der Waals surface area contributed by atoms with Crippen LogP contribution in [0.15, 0.2) is 36.4 Å². The fourth-order valence-electron chi connectivity index (χ4n) is 2.16. The van der Waals surface area contributed by atoms with Crippen molar-refractivity contribution in [2.24, 2.45) is 0 Å². The molecule has 0 radical (unpaired) electrons. The molecule has 0 aromatic heterocycles. The van der Waals surface area contributed by atoms with Crippen molar-refractivity contribution in [3.8, 4) is 17.2 Å². The smallest absolute Gasteiger partial charge is 0.256 e. The molecule has 1 aliphatic rings. The zero-order chi connectivity index (χ0) is 14.3. The number of para-hydroxylation sites is 1. The van der Waals surface area contributed by atoms with Gasteiger partial charge < -0.3 is 20.6 Å². The second-order valence-electron chi connectivity index (χ2n) is 4.47. The molecule has 0 saturated heterocycles. The van der Waals surface area contributed by atoms with Gasteiger partial charge in [-0.05, 0) is 29.8 Å². The molecule has 2 aromatic rings. The monoisotopic (exact) mass is 269 g/mol. The molecule has 1 heterocycles. The molecule has 0 atom stereocenters. The molecular weight excluding hydrogens is 258 g/mol. The normalized spacial score (nSPS) is 15.2. The van der Waals surface area contributed by atoms with Crippen LogP contribution in [0.5, 0.6) is 17.2 Å². The summed E-state index contributed by atoms with van der Waals surface area (Å²) < 4.78 is 0. The van der Waals surface area contributed by atoms with Crippen molar-refractivity contribution >= 4 is 23.2 Å². The summed E-state index contributed by atoms with van der Waals surface area (Å²) in [7, 11) is 0. The van der Waals surface area contributed by atoms with Crippen LogP contribution in [0.25, 0.3) is 11.6 Å². The van der Waals surface area contributed by atoms with E-state index in [0.717, 1.165) is 11.3 Å². The zero-order valence-electron chi connectivity index (χ0n) is 10.3. The summed E-state index contributed by atoms with van der Waals surface area (Å²) in [6, 6.07) is 9.78. The Morgan fingerprint density at radius 1 is 1.00 bits per heavy atom. The summed E-state index contributed by atoms with van der Waals surface area (Å²) in [5.74, 6) is -1.71. The number of aromatic hydroxyl groups is 3. The van der Waals surface area contributed by atoms with Gasteiger partial charge in [0, 0.05) is 16.8 Å². The Balaban J connectivity index is 2.11. The highest BCUT2D eigenvalue weighted by atomic mass is 16.3. The van der Waals surface area contributed by atoms with Gasteiger partial charge in [0.1, 0.15) is 0 Å². The van der Waals surface area contributed by atoms with Crippen LogP contribution >= 0.6 is 0 Å². The Morgan fingerprint density at radius 2 is 1.65 bits per heavy atom. The van der Waals surface area contributed by atoms with Gasteiger partial charge in [-0.1, -0.05) is 18.2 Å². The molecule has 0 fully saturated rings. The van der Waals surface area contributed by atoms with E-state index >= 15 is 0 Å². The Morgan fingerprint density at radius 3 is 2.35 bits per heavy atom. The third-order valence-electron chi connectivity index (χ3n) is 3.11. The number of anilines is 1. The van der Waals surface area contributed by atoms with E-state index in [1.807, 2.05) is 12.1 Å². The molecule has 1 amide bonds. The number of phenols is 3. The molecule has 0 saturated carbocycles. The van der Waals surface area contributed by atoms with Gasteiger partial charge in [-0.3, -0.25) is 4.79 Å². The van der Waals surface area contributed by atoms with Crippen LogP contribution < -0.4 is 5.32 Å². The number of nitrogens with one attached hydrogen (secondary N) is 1. The molecule has 3 rings (SSSR count). The van der Waals surface area contributed by atoms with Gasteiger partial charge in [-0.2, -0.15) is 0 Å². The average Bonchev–Trinajstić information content (AvgIpc) is 2.73. The van der Waals surface area contributed by atoms with Crippen LogP contribution in [-0.4, -0.2) is 21.2 Å². The highest BCUT2D eigenvalue weighted by Gasteiger charge is 2.23. The summed E-state index contributed by atoms with van der Waals surface area (Å²) in [4.78, 5) is 11.9. The average molecular weight is 269 g/mol. The van der Waals surface area contributed by atoms with E-state index in [4.69, 9.17) is 0 Å². The molecule has 20 heavy (non-hydrogen) atoms. The van der Waals surface area contributed by atoms with Gasteiger partial charge in [0.15, 0.2) is 17.2 Å². The molecule has 0 bridgehead atoms. The number of carbonyl (C=O) groups excluding carboxylic acids is 1. The predicted molar refractivity (Wildman–Crippen MR) is 74.4 cm³/mol. The summed E-state index contributed by atoms with van der Waals surface area (Å²) in [6.07, 6.45) is 1.54. The van der Waals surface area contributed by atoms with Crippen molar-refractivity contribution in [3.63, 3.8) is 0 Å². The van der Waals surface area contributed by atoms with Gasteiger partial charge in [-0.15, -0.1) is 0 Å².